The topological polar surface area (TPSA) is 52.8 Å². The van der Waals surface area contributed by atoms with Crippen molar-refractivity contribution in [3.05, 3.63) is 53.5 Å². The molecule has 1 aliphatic heterocycles. The number of anilines is 1. The van der Waals surface area contributed by atoms with E-state index in [1.807, 2.05) is 0 Å². The molecule has 4 heteroatoms. The summed E-state index contributed by atoms with van der Waals surface area (Å²) in [5.41, 5.74) is 3.26. The fourth-order valence-electron chi connectivity index (χ4n) is 3.36. The third kappa shape index (κ3) is 3.73. The van der Waals surface area contributed by atoms with Crippen molar-refractivity contribution in [1.29, 1.82) is 5.26 Å². The van der Waals surface area contributed by atoms with E-state index >= 15 is 0 Å². The van der Waals surface area contributed by atoms with Crippen LogP contribution >= 0.6 is 0 Å². The van der Waals surface area contributed by atoms with Gasteiger partial charge in [0.25, 0.3) is 0 Å². The molecular weight excluding hydrogens is 296 g/mol. The molecule has 1 fully saturated rings. The summed E-state index contributed by atoms with van der Waals surface area (Å²) in [6, 6.07) is 11.2. The van der Waals surface area contributed by atoms with Crippen molar-refractivity contribution in [2.75, 3.05) is 18.0 Å². The summed E-state index contributed by atoms with van der Waals surface area (Å²) in [6.45, 7) is 6.35. The minimum Gasteiger partial charge on any atom is -0.354 e. The minimum absolute atomic E-state index is 0.431. The minimum atomic E-state index is 0.431. The number of nitriles is 1. The standard InChI is InChI=1S/C20H24N4/c1-15(2)18-5-3-16(4-6-18)13-17-7-11-24(12-8-17)20-19(14-21)22-9-10-23-20/h3-6,9-10,15,17H,7-8,11-13H2,1-2H3. The predicted molar refractivity (Wildman–Crippen MR) is 95.9 cm³/mol. The molecule has 124 valence electrons. The van der Waals surface area contributed by atoms with Crippen LogP contribution in [0.1, 0.15) is 49.4 Å². The van der Waals surface area contributed by atoms with Gasteiger partial charge in [-0.1, -0.05) is 38.1 Å². The Balaban J connectivity index is 1.58. The summed E-state index contributed by atoms with van der Waals surface area (Å²) in [4.78, 5) is 10.7. The predicted octanol–water partition coefficient (Wildman–Crippen LogP) is 3.93. The van der Waals surface area contributed by atoms with Crippen molar-refractivity contribution in [2.24, 2.45) is 5.92 Å². The number of benzene rings is 1. The Morgan fingerprint density at radius 1 is 1.12 bits per heavy atom. The lowest BCUT2D eigenvalue weighted by molar-refractivity contribution is 0.402. The van der Waals surface area contributed by atoms with Gasteiger partial charge in [-0.25, -0.2) is 9.97 Å². The Morgan fingerprint density at radius 2 is 1.79 bits per heavy atom. The molecule has 0 atom stereocenters. The number of rotatable bonds is 4. The first-order valence-corrected chi connectivity index (χ1v) is 8.72. The second-order valence-corrected chi connectivity index (χ2v) is 6.87. The largest absolute Gasteiger partial charge is 0.354 e. The van der Waals surface area contributed by atoms with E-state index < -0.39 is 0 Å². The van der Waals surface area contributed by atoms with Gasteiger partial charge in [-0.2, -0.15) is 5.26 Å². The van der Waals surface area contributed by atoms with E-state index in [-0.39, 0.29) is 0 Å². The normalized spacial score (nSPS) is 15.5. The van der Waals surface area contributed by atoms with Crippen LogP contribution in [0.2, 0.25) is 0 Å². The Labute approximate surface area is 144 Å². The molecule has 0 amide bonds. The van der Waals surface area contributed by atoms with E-state index in [1.165, 1.54) is 11.1 Å². The molecule has 0 N–H and O–H groups in total. The van der Waals surface area contributed by atoms with Crippen LogP contribution in [0.3, 0.4) is 0 Å². The third-order valence-electron chi connectivity index (χ3n) is 4.87. The third-order valence-corrected chi connectivity index (χ3v) is 4.87. The maximum absolute atomic E-state index is 9.18. The highest BCUT2D eigenvalue weighted by Crippen LogP contribution is 2.26. The molecule has 3 rings (SSSR count). The van der Waals surface area contributed by atoms with E-state index in [0.29, 0.717) is 17.5 Å². The summed E-state index contributed by atoms with van der Waals surface area (Å²) in [5, 5.41) is 9.18. The van der Waals surface area contributed by atoms with E-state index in [1.54, 1.807) is 12.4 Å². The second kappa shape index (κ2) is 7.44. The van der Waals surface area contributed by atoms with Gasteiger partial charge in [0.15, 0.2) is 11.5 Å². The van der Waals surface area contributed by atoms with E-state index in [9.17, 15) is 5.26 Å². The fraction of sp³-hybridized carbons (Fsp3) is 0.450. The maximum atomic E-state index is 9.18. The molecule has 2 aromatic rings. The summed E-state index contributed by atoms with van der Waals surface area (Å²) < 4.78 is 0. The van der Waals surface area contributed by atoms with Gasteiger partial charge in [0.2, 0.25) is 0 Å². The summed E-state index contributed by atoms with van der Waals surface area (Å²) in [7, 11) is 0. The van der Waals surface area contributed by atoms with Crippen molar-refractivity contribution in [2.45, 2.75) is 39.0 Å². The van der Waals surface area contributed by atoms with Crippen LogP contribution in [0, 0.1) is 17.2 Å². The van der Waals surface area contributed by atoms with Crippen LogP contribution < -0.4 is 4.90 Å². The lowest BCUT2D eigenvalue weighted by atomic mass is 9.89. The molecule has 2 heterocycles. The van der Waals surface area contributed by atoms with E-state index in [2.05, 4.69) is 59.1 Å². The van der Waals surface area contributed by atoms with Gasteiger partial charge in [0.05, 0.1) is 0 Å². The van der Waals surface area contributed by atoms with Gasteiger partial charge in [0.1, 0.15) is 6.07 Å². The lowest BCUT2D eigenvalue weighted by Crippen LogP contribution is -2.35. The first-order valence-electron chi connectivity index (χ1n) is 8.72. The van der Waals surface area contributed by atoms with Crippen LogP contribution in [-0.4, -0.2) is 23.1 Å². The molecule has 0 radical (unpaired) electrons. The SMILES string of the molecule is CC(C)c1ccc(CC2CCN(c3nccnc3C#N)CC2)cc1. The molecule has 1 aliphatic rings. The fourth-order valence-corrected chi connectivity index (χ4v) is 3.36. The summed E-state index contributed by atoms with van der Waals surface area (Å²) >= 11 is 0. The second-order valence-electron chi connectivity index (χ2n) is 6.87. The first-order chi connectivity index (χ1) is 11.7. The van der Waals surface area contributed by atoms with E-state index in [4.69, 9.17) is 0 Å². The van der Waals surface area contributed by atoms with Gasteiger partial charge in [0, 0.05) is 25.5 Å². The Kier molecular flexibility index (Phi) is 5.10. The molecule has 24 heavy (non-hydrogen) atoms. The van der Waals surface area contributed by atoms with Crippen LogP contribution in [0.25, 0.3) is 0 Å². The van der Waals surface area contributed by atoms with Gasteiger partial charge < -0.3 is 4.90 Å². The molecule has 0 bridgehead atoms. The lowest BCUT2D eigenvalue weighted by Gasteiger charge is -2.33. The van der Waals surface area contributed by atoms with Gasteiger partial charge >= 0.3 is 0 Å². The summed E-state index contributed by atoms with van der Waals surface area (Å²) in [5.74, 6) is 2.02. The van der Waals surface area contributed by atoms with Gasteiger partial charge in [-0.3, -0.25) is 0 Å². The molecule has 0 aliphatic carbocycles. The molecule has 0 saturated carbocycles. The van der Waals surface area contributed by atoms with Crippen LogP contribution in [0.5, 0.6) is 0 Å². The smallest absolute Gasteiger partial charge is 0.183 e. The van der Waals surface area contributed by atoms with Crippen molar-refractivity contribution in [1.82, 2.24) is 9.97 Å². The zero-order valence-electron chi connectivity index (χ0n) is 14.4. The van der Waals surface area contributed by atoms with Crippen molar-refractivity contribution < 1.29 is 0 Å². The molecule has 0 spiro atoms. The average Bonchev–Trinajstić information content (AvgIpc) is 2.63. The number of hydrogen-bond acceptors (Lipinski definition) is 4. The molecule has 1 saturated heterocycles. The van der Waals surface area contributed by atoms with Crippen molar-refractivity contribution in [3.63, 3.8) is 0 Å². The number of aromatic nitrogens is 2. The van der Waals surface area contributed by atoms with Gasteiger partial charge in [-0.05, 0) is 42.2 Å². The molecule has 1 aromatic carbocycles. The highest BCUT2D eigenvalue weighted by Gasteiger charge is 2.22. The monoisotopic (exact) mass is 320 g/mol. The Morgan fingerprint density at radius 3 is 2.42 bits per heavy atom. The van der Waals surface area contributed by atoms with Crippen LogP contribution in [-0.2, 0) is 6.42 Å². The Hall–Kier alpha value is -2.41. The van der Waals surface area contributed by atoms with Crippen LogP contribution in [0.15, 0.2) is 36.7 Å². The van der Waals surface area contributed by atoms with Crippen LogP contribution in [0.4, 0.5) is 5.82 Å². The summed E-state index contributed by atoms with van der Waals surface area (Å²) in [6.07, 6.45) is 6.65. The number of piperidine rings is 1. The average molecular weight is 320 g/mol. The van der Waals surface area contributed by atoms with Crippen molar-refractivity contribution in [3.8, 4) is 6.07 Å². The molecular formula is C20H24N4. The molecule has 1 aromatic heterocycles. The number of nitrogens with zero attached hydrogens (tertiary/aromatic N) is 4. The highest BCUT2D eigenvalue weighted by atomic mass is 15.2. The Bertz CT molecular complexity index is 707. The zero-order valence-corrected chi connectivity index (χ0v) is 14.4. The maximum Gasteiger partial charge on any atom is 0.183 e. The number of hydrogen-bond donors (Lipinski definition) is 0. The van der Waals surface area contributed by atoms with E-state index in [0.717, 1.165) is 38.2 Å². The van der Waals surface area contributed by atoms with Gasteiger partial charge in [-0.15, -0.1) is 0 Å². The molecule has 0 unspecified atom stereocenters. The first kappa shape index (κ1) is 16.4. The zero-order chi connectivity index (χ0) is 16.9. The van der Waals surface area contributed by atoms with Crippen molar-refractivity contribution >= 4 is 5.82 Å². The molecule has 4 nitrogen and oxygen atoms in total. The quantitative estimate of drug-likeness (QED) is 0.856. The highest BCUT2D eigenvalue weighted by molar-refractivity contribution is 5.49.